The smallest absolute Gasteiger partial charge is 0.287 e. The molecule has 0 saturated carbocycles. The Labute approximate surface area is 108 Å². The number of nitro groups is 1. The summed E-state index contributed by atoms with van der Waals surface area (Å²) in [7, 11) is 0. The molecule has 0 aliphatic heterocycles. The molecule has 96 valence electrons. The van der Waals surface area contributed by atoms with Crippen LogP contribution in [0.1, 0.15) is 5.56 Å². The van der Waals surface area contributed by atoms with Crippen LogP contribution in [0.15, 0.2) is 47.7 Å². The average molecular weight is 258 g/mol. The van der Waals surface area contributed by atoms with Gasteiger partial charge in [0.05, 0.1) is 11.1 Å². The van der Waals surface area contributed by atoms with Crippen molar-refractivity contribution in [2.45, 2.75) is 0 Å². The van der Waals surface area contributed by atoms with Gasteiger partial charge in [-0.3, -0.25) is 15.5 Å². The van der Waals surface area contributed by atoms with Gasteiger partial charge in [0.1, 0.15) is 17.8 Å². The lowest BCUT2D eigenvalue weighted by Gasteiger charge is -1.98. The summed E-state index contributed by atoms with van der Waals surface area (Å²) >= 11 is 0. The highest BCUT2D eigenvalue weighted by Gasteiger charge is 2.04. The molecular weight excluding hydrogens is 248 g/mol. The van der Waals surface area contributed by atoms with Crippen LogP contribution in [-0.4, -0.2) is 21.2 Å². The molecule has 2 N–H and O–H groups in total. The predicted octanol–water partition coefficient (Wildman–Crippen LogP) is 2.14. The molecule has 7 heteroatoms. The first-order valence-corrected chi connectivity index (χ1v) is 5.34. The molecule has 0 radical (unpaired) electrons. The first-order valence-electron chi connectivity index (χ1n) is 5.34. The molecule has 0 atom stereocenters. The molecule has 19 heavy (non-hydrogen) atoms. The predicted molar refractivity (Wildman–Crippen MR) is 70.2 cm³/mol. The number of nitrogens with zero attached hydrogens (tertiary/aromatic N) is 3. The van der Waals surface area contributed by atoms with Crippen molar-refractivity contribution in [3.05, 3.63) is 58.3 Å². The summed E-state index contributed by atoms with van der Waals surface area (Å²) in [6.07, 6.45) is 2.70. The van der Waals surface area contributed by atoms with E-state index in [0.717, 1.165) is 11.8 Å². The van der Waals surface area contributed by atoms with E-state index in [2.05, 4.69) is 15.5 Å². The van der Waals surface area contributed by atoms with Crippen molar-refractivity contribution >= 4 is 17.7 Å². The lowest BCUT2D eigenvalue weighted by molar-refractivity contribution is -0.385. The zero-order valence-corrected chi connectivity index (χ0v) is 9.72. The molecule has 7 nitrogen and oxygen atoms in total. The molecule has 1 aromatic heterocycles. The minimum absolute atomic E-state index is 0.0759. The summed E-state index contributed by atoms with van der Waals surface area (Å²) in [5.41, 5.74) is 3.37. The van der Waals surface area contributed by atoms with Crippen molar-refractivity contribution in [1.29, 1.82) is 0 Å². The van der Waals surface area contributed by atoms with Crippen LogP contribution in [0.3, 0.4) is 0 Å². The number of aromatic nitrogens is 1. The highest BCUT2D eigenvalue weighted by molar-refractivity contribution is 5.80. The topological polar surface area (TPSA) is 101 Å². The van der Waals surface area contributed by atoms with Crippen LogP contribution >= 0.6 is 0 Å². The fourth-order valence-electron chi connectivity index (χ4n) is 1.29. The number of nitrogens with one attached hydrogen (secondary N) is 1. The molecule has 2 rings (SSSR count). The van der Waals surface area contributed by atoms with E-state index in [1.165, 1.54) is 12.1 Å². The summed E-state index contributed by atoms with van der Waals surface area (Å²) in [6, 6.07) is 9.29. The third-order valence-corrected chi connectivity index (χ3v) is 2.24. The minimum Gasteiger partial charge on any atom is -0.508 e. The monoisotopic (exact) mass is 258 g/mol. The third kappa shape index (κ3) is 3.50. The standard InChI is InChI=1S/C12H10N4O3/c17-11-4-1-9(2-5-11)7-14-15-12-6-3-10(8-13-12)16(18)19/h1-8,17H,(H,13,15)/b14-7-. The second kappa shape index (κ2) is 5.58. The molecule has 0 spiro atoms. The van der Waals surface area contributed by atoms with E-state index in [1.807, 2.05) is 0 Å². The average Bonchev–Trinajstić information content (AvgIpc) is 2.41. The summed E-state index contributed by atoms with van der Waals surface area (Å²) in [5.74, 6) is 0.586. The van der Waals surface area contributed by atoms with E-state index in [9.17, 15) is 10.1 Å². The van der Waals surface area contributed by atoms with Gasteiger partial charge in [0.15, 0.2) is 0 Å². The van der Waals surface area contributed by atoms with Gasteiger partial charge in [-0.25, -0.2) is 4.98 Å². The number of phenolic OH excluding ortho intramolecular Hbond substituents is 1. The van der Waals surface area contributed by atoms with Crippen LogP contribution in [0.4, 0.5) is 11.5 Å². The fraction of sp³-hybridized carbons (Fsp3) is 0. The molecule has 2 aromatic rings. The van der Waals surface area contributed by atoms with Crippen LogP contribution in [0.25, 0.3) is 0 Å². The fourth-order valence-corrected chi connectivity index (χ4v) is 1.29. The number of hydrogen-bond donors (Lipinski definition) is 2. The Kier molecular flexibility index (Phi) is 3.67. The summed E-state index contributed by atoms with van der Waals surface area (Å²) < 4.78 is 0. The van der Waals surface area contributed by atoms with E-state index in [0.29, 0.717) is 5.82 Å². The maximum Gasteiger partial charge on any atom is 0.287 e. The molecule has 1 heterocycles. The molecule has 0 bridgehead atoms. The maximum absolute atomic E-state index is 10.4. The first-order chi connectivity index (χ1) is 9.15. The van der Waals surface area contributed by atoms with Crippen molar-refractivity contribution in [2.24, 2.45) is 5.10 Å². The number of hydrogen-bond acceptors (Lipinski definition) is 6. The zero-order chi connectivity index (χ0) is 13.7. The minimum atomic E-state index is -0.517. The number of pyridine rings is 1. The second-order valence-electron chi connectivity index (χ2n) is 3.62. The van der Waals surface area contributed by atoms with Crippen molar-refractivity contribution < 1.29 is 10.0 Å². The van der Waals surface area contributed by atoms with Crippen molar-refractivity contribution in [1.82, 2.24) is 4.98 Å². The number of aromatic hydroxyl groups is 1. The molecular formula is C12H10N4O3. The van der Waals surface area contributed by atoms with Gasteiger partial charge in [-0.2, -0.15) is 5.10 Å². The zero-order valence-electron chi connectivity index (χ0n) is 9.72. The summed E-state index contributed by atoms with van der Waals surface area (Å²) in [5, 5.41) is 23.5. The van der Waals surface area contributed by atoms with Crippen LogP contribution in [-0.2, 0) is 0 Å². The highest BCUT2D eigenvalue weighted by Crippen LogP contribution is 2.12. The molecule has 0 aliphatic carbocycles. The van der Waals surface area contributed by atoms with Crippen LogP contribution in [0, 0.1) is 10.1 Å². The van der Waals surface area contributed by atoms with E-state index in [-0.39, 0.29) is 11.4 Å². The lowest BCUT2D eigenvalue weighted by Crippen LogP contribution is -1.95. The third-order valence-electron chi connectivity index (χ3n) is 2.24. The first kappa shape index (κ1) is 12.5. The number of rotatable bonds is 4. The summed E-state index contributed by atoms with van der Waals surface area (Å²) in [6.45, 7) is 0. The number of anilines is 1. The van der Waals surface area contributed by atoms with Crippen LogP contribution < -0.4 is 5.43 Å². The molecule has 0 aliphatic rings. The Morgan fingerprint density at radius 2 is 2.00 bits per heavy atom. The number of phenols is 1. The van der Waals surface area contributed by atoms with Gasteiger partial charge >= 0.3 is 0 Å². The van der Waals surface area contributed by atoms with Crippen molar-refractivity contribution in [3.63, 3.8) is 0 Å². The Balaban J connectivity index is 1.98. The Morgan fingerprint density at radius 3 is 2.58 bits per heavy atom. The van der Waals surface area contributed by atoms with Gasteiger partial charge in [0, 0.05) is 6.07 Å². The van der Waals surface area contributed by atoms with Gasteiger partial charge < -0.3 is 5.11 Å². The second-order valence-corrected chi connectivity index (χ2v) is 3.62. The van der Waals surface area contributed by atoms with Gasteiger partial charge in [0.2, 0.25) is 0 Å². The molecule has 0 saturated heterocycles. The molecule has 0 unspecified atom stereocenters. The Hall–Kier alpha value is -2.96. The highest BCUT2D eigenvalue weighted by atomic mass is 16.6. The van der Waals surface area contributed by atoms with Gasteiger partial charge in [0.25, 0.3) is 5.69 Å². The van der Waals surface area contributed by atoms with Gasteiger partial charge in [-0.05, 0) is 35.9 Å². The SMILES string of the molecule is O=[N+]([O-])c1ccc(N/N=C\c2ccc(O)cc2)nc1. The van der Waals surface area contributed by atoms with Crippen molar-refractivity contribution in [2.75, 3.05) is 5.43 Å². The molecule has 1 aromatic carbocycles. The quantitative estimate of drug-likeness (QED) is 0.497. The van der Waals surface area contributed by atoms with Crippen LogP contribution in [0.2, 0.25) is 0 Å². The largest absolute Gasteiger partial charge is 0.508 e. The summed E-state index contributed by atoms with van der Waals surface area (Å²) in [4.78, 5) is 13.8. The van der Waals surface area contributed by atoms with Crippen LogP contribution in [0.5, 0.6) is 5.75 Å². The van der Waals surface area contributed by atoms with E-state index < -0.39 is 4.92 Å². The van der Waals surface area contributed by atoms with Gasteiger partial charge in [-0.15, -0.1) is 0 Å². The normalized spacial score (nSPS) is 10.5. The molecule has 0 amide bonds. The Bertz CT molecular complexity index is 593. The van der Waals surface area contributed by atoms with Crippen molar-refractivity contribution in [3.8, 4) is 5.75 Å². The number of benzene rings is 1. The Morgan fingerprint density at radius 1 is 1.26 bits per heavy atom. The number of hydrazone groups is 1. The molecule has 0 fully saturated rings. The lowest BCUT2D eigenvalue weighted by atomic mass is 10.2. The van der Waals surface area contributed by atoms with E-state index in [1.54, 1.807) is 30.5 Å². The van der Waals surface area contributed by atoms with E-state index >= 15 is 0 Å². The van der Waals surface area contributed by atoms with E-state index in [4.69, 9.17) is 5.11 Å². The maximum atomic E-state index is 10.4. The van der Waals surface area contributed by atoms with Gasteiger partial charge in [-0.1, -0.05) is 0 Å².